The summed E-state index contributed by atoms with van der Waals surface area (Å²) in [6.07, 6.45) is 4.48. The summed E-state index contributed by atoms with van der Waals surface area (Å²) < 4.78 is 19.0. The van der Waals surface area contributed by atoms with Crippen LogP contribution in [-0.2, 0) is 0 Å². The van der Waals surface area contributed by atoms with Crippen LogP contribution in [0.2, 0.25) is 0 Å². The van der Waals surface area contributed by atoms with Crippen molar-refractivity contribution in [1.82, 2.24) is 19.7 Å². The van der Waals surface area contributed by atoms with Crippen LogP contribution in [0, 0.1) is 0 Å². The molecule has 1 aliphatic heterocycles. The fraction of sp³-hybridized carbons (Fsp3) is 0.267. The van der Waals surface area contributed by atoms with E-state index in [-0.39, 0.29) is 31.1 Å². The summed E-state index contributed by atoms with van der Waals surface area (Å²) in [4.78, 5) is 31.1. The molecule has 4 aromatic rings. The number of methoxy groups -OCH3 is 1. The number of carbonyl (C=O) groups excluding carboxylic acids is 2. The Bertz CT molecular complexity index is 1460. The lowest BCUT2D eigenvalue weighted by atomic mass is 10.1. The third kappa shape index (κ3) is 4.95. The standard InChI is InChI=1S/C30H28N4O5/c1-37-22-16-12-21(13-17-22)34-27(31-30(32-34)39-24-6-2-3-7-24)20-10-14-23(15-11-20)38-19-18-33-28(35)25-8-4-5-9-26(25)29(33)36/h4-5,8-17,24H,2-3,6-7,18-19H2,1H3. The fourth-order valence-corrected chi connectivity index (χ4v) is 4.99. The Morgan fingerprint density at radius 2 is 1.49 bits per heavy atom. The number of amides is 2. The van der Waals surface area contributed by atoms with Gasteiger partial charge in [0.05, 0.1) is 30.5 Å². The number of imide groups is 1. The van der Waals surface area contributed by atoms with Gasteiger partial charge in [-0.25, -0.2) is 4.68 Å². The van der Waals surface area contributed by atoms with Crippen LogP contribution < -0.4 is 14.2 Å². The molecular weight excluding hydrogens is 496 g/mol. The predicted molar refractivity (Wildman–Crippen MR) is 144 cm³/mol. The number of benzene rings is 3. The van der Waals surface area contributed by atoms with E-state index >= 15 is 0 Å². The van der Waals surface area contributed by atoms with Crippen molar-refractivity contribution in [3.05, 3.63) is 83.9 Å². The predicted octanol–water partition coefficient (Wildman–Crippen LogP) is 4.94. The first-order valence-electron chi connectivity index (χ1n) is 13.1. The lowest BCUT2D eigenvalue weighted by molar-refractivity contribution is 0.0631. The van der Waals surface area contributed by atoms with Crippen LogP contribution in [0.25, 0.3) is 17.1 Å². The largest absolute Gasteiger partial charge is 0.497 e. The third-order valence-corrected chi connectivity index (χ3v) is 7.05. The first kappa shape index (κ1) is 24.7. The number of fused-ring (bicyclic) bond motifs is 1. The second-order valence-corrected chi connectivity index (χ2v) is 9.53. The molecule has 1 fully saturated rings. The molecule has 0 bridgehead atoms. The molecule has 0 spiro atoms. The maximum absolute atomic E-state index is 12.6. The third-order valence-electron chi connectivity index (χ3n) is 7.05. The van der Waals surface area contributed by atoms with Crippen LogP contribution >= 0.6 is 0 Å². The Morgan fingerprint density at radius 1 is 0.846 bits per heavy atom. The Labute approximate surface area is 225 Å². The van der Waals surface area contributed by atoms with Crippen molar-refractivity contribution in [1.29, 1.82) is 0 Å². The SMILES string of the molecule is COc1ccc(-n2nc(OC3CCCC3)nc2-c2ccc(OCCN3C(=O)c4ccccc4C3=O)cc2)cc1. The molecule has 1 aromatic heterocycles. The molecule has 0 radical (unpaired) electrons. The maximum atomic E-state index is 12.6. The van der Waals surface area contributed by atoms with Gasteiger partial charge in [-0.3, -0.25) is 14.5 Å². The van der Waals surface area contributed by atoms with Gasteiger partial charge in [-0.1, -0.05) is 12.1 Å². The van der Waals surface area contributed by atoms with Gasteiger partial charge in [-0.05, 0) is 86.3 Å². The van der Waals surface area contributed by atoms with Crippen LogP contribution in [0.1, 0.15) is 46.4 Å². The normalized spacial score (nSPS) is 15.1. The minimum absolute atomic E-state index is 0.141. The molecule has 1 aliphatic carbocycles. The lowest BCUT2D eigenvalue weighted by Gasteiger charge is -2.14. The van der Waals surface area contributed by atoms with Crippen molar-refractivity contribution in [2.45, 2.75) is 31.8 Å². The molecule has 1 saturated carbocycles. The van der Waals surface area contributed by atoms with Gasteiger partial charge in [0.2, 0.25) is 0 Å². The van der Waals surface area contributed by atoms with Gasteiger partial charge >= 0.3 is 6.01 Å². The Hall–Kier alpha value is -4.66. The van der Waals surface area contributed by atoms with E-state index in [1.165, 1.54) is 4.90 Å². The number of ether oxygens (including phenoxy) is 3. The van der Waals surface area contributed by atoms with Gasteiger partial charge in [0.15, 0.2) is 5.82 Å². The van der Waals surface area contributed by atoms with Gasteiger partial charge in [0, 0.05) is 5.56 Å². The number of aromatic nitrogens is 3. The summed E-state index contributed by atoms with van der Waals surface area (Å²) in [5.74, 6) is 1.44. The fourth-order valence-electron chi connectivity index (χ4n) is 4.99. The second kappa shape index (κ2) is 10.6. The number of hydrogen-bond acceptors (Lipinski definition) is 7. The van der Waals surface area contributed by atoms with Crippen molar-refractivity contribution >= 4 is 11.8 Å². The first-order chi connectivity index (χ1) is 19.1. The topological polar surface area (TPSA) is 95.8 Å². The average molecular weight is 525 g/mol. The molecule has 198 valence electrons. The number of nitrogens with zero attached hydrogens (tertiary/aromatic N) is 4. The first-order valence-corrected chi connectivity index (χ1v) is 13.1. The monoisotopic (exact) mass is 524 g/mol. The van der Waals surface area contributed by atoms with Crippen LogP contribution in [0.4, 0.5) is 0 Å². The molecule has 2 aliphatic rings. The summed E-state index contributed by atoms with van der Waals surface area (Å²) in [5, 5.41) is 4.67. The van der Waals surface area contributed by atoms with Crippen LogP contribution in [0.3, 0.4) is 0 Å². The highest BCUT2D eigenvalue weighted by Gasteiger charge is 2.34. The quantitative estimate of drug-likeness (QED) is 0.286. The van der Waals surface area contributed by atoms with E-state index < -0.39 is 0 Å². The van der Waals surface area contributed by atoms with E-state index in [2.05, 4.69) is 5.10 Å². The molecule has 9 nitrogen and oxygen atoms in total. The Morgan fingerprint density at radius 3 is 2.13 bits per heavy atom. The zero-order valence-electron chi connectivity index (χ0n) is 21.6. The molecule has 2 amide bonds. The maximum Gasteiger partial charge on any atom is 0.336 e. The zero-order valence-corrected chi connectivity index (χ0v) is 21.6. The highest BCUT2D eigenvalue weighted by molar-refractivity contribution is 6.21. The number of rotatable bonds is 9. The van der Waals surface area contributed by atoms with Crippen LogP contribution in [-0.4, -0.2) is 57.8 Å². The second-order valence-electron chi connectivity index (χ2n) is 9.53. The highest BCUT2D eigenvalue weighted by atomic mass is 16.5. The summed E-state index contributed by atoms with van der Waals surface area (Å²) in [7, 11) is 1.63. The van der Waals surface area contributed by atoms with Crippen molar-refractivity contribution in [2.75, 3.05) is 20.3 Å². The minimum atomic E-state index is -0.289. The minimum Gasteiger partial charge on any atom is -0.497 e. The van der Waals surface area contributed by atoms with Gasteiger partial charge in [-0.2, -0.15) is 4.98 Å². The van der Waals surface area contributed by atoms with Gasteiger partial charge in [0.1, 0.15) is 24.2 Å². The van der Waals surface area contributed by atoms with Crippen molar-refractivity contribution in [3.8, 4) is 34.6 Å². The van der Waals surface area contributed by atoms with Crippen molar-refractivity contribution in [2.24, 2.45) is 0 Å². The molecular formula is C30H28N4O5. The molecule has 2 heterocycles. The average Bonchev–Trinajstić information content (AvgIpc) is 3.70. The van der Waals surface area contributed by atoms with Crippen molar-refractivity contribution in [3.63, 3.8) is 0 Å². The van der Waals surface area contributed by atoms with Crippen LogP contribution in [0.15, 0.2) is 72.8 Å². The zero-order chi connectivity index (χ0) is 26.8. The number of carbonyl (C=O) groups is 2. The van der Waals surface area contributed by atoms with Gasteiger partial charge in [0.25, 0.3) is 11.8 Å². The molecule has 0 saturated heterocycles. The summed E-state index contributed by atoms with van der Waals surface area (Å²) >= 11 is 0. The summed E-state index contributed by atoms with van der Waals surface area (Å²) in [6, 6.07) is 22.3. The molecule has 6 rings (SSSR count). The van der Waals surface area contributed by atoms with E-state index in [9.17, 15) is 9.59 Å². The molecule has 0 unspecified atom stereocenters. The van der Waals surface area contributed by atoms with Crippen molar-refractivity contribution < 1.29 is 23.8 Å². The molecule has 39 heavy (non-hydrogen) atoms. The van der Waals surface area contributed by atoms with Gasteiger partial charge in [-0.15, -0.1) is 5.10 Å². The summed E-state index contributed by atoms with van der Waals surface area (Å²) in [6.45, 7) is 0.355. The Kier molecular flexibility index (Phi) is 6.71. The number of hydrogen-bond donors (Lipinski definition) is 0. The summed E-state index contributed by atoms with van der Waals surface area (Å²) in [5.41, 5.74) is 2.54. The molecule has 0 atom stereocenters. The van der Waals surface area contributed by atoms with Gasteiger partial charge < -0.3 is 14.2 Å². The molecule has 0 N–H and O–H groups in total. The highest BCUT2D eigenvalue weighted by Crippen LogP contribution is 2.29. The Balaban J connectivity index is 1.17. The van der Waals surface area contributed by atoms with E-state index in [1.54, 1.807) is 36.1 Å². The van der Waals surface area contributed by atoms with E-state index in [4.69, 9.17) is 19.2 Å². The van der Waals surface area contributed by atoms with E-state index in [0.29, 0.717) is 28.7 Å². The van der Waals surface area contributed by atoms with E-state index in [0.717, 1.165) is 42.7 Å². The molecule has 9 heteroatoms. The lowest BCUT2D eigenvalue weighted by Crippen LogP contribution is -2.33. The molecule has 3 aromatic carbocycles. The van der Waals surface area contributed by atoms with E-state index in [1.807, 2.05) is 48.5 Å². The van der Waals surface area contributed by atoms with Crippen LogP contribution in [0.5, 0.6) is 17.5 Å². The smallest absolute Gasteiger partial charge is 0.336 e.